The lowest BCUT2D eigenvalue weighted by Crippen LogP contribution is -2.18. The predicted octanol–water partition coefficient (Wildman–Crippen LogP) is 3.02. The lowest BCUT2D eigenvalue weighted by molar-refractivity contribution is 0.112. The fraction of sp³-hybridized carbons (Fsp3) is 0.176. The van der Waals surface area contributed by atoms with E-state index in [9.17, 15) is 4.79 Å². The van der Waals surface area contributed by atoms with Crippen LogP contribution in [-0.2, 0) is 6.54 Å². The number of carbonyl (C=O) groups is 1. The number of aldehydes is 1. The fourth-order valence-corrected chi connectivity index (χ4v) is 2.24. The van der Waals surface area contributed by atoms with Crippen LogP contribution >= 0.6 is 0 Å². The van der Waals surface area contributed by atoms with Gasteiger partial charge in [0.2, 0.25) is 0 Å². The molecule has 0 bridgehead atoms. The second-order valence-electron chi connectivity index (χ2n) is 4.67. The number of carbonyl (C=O) groups excluding carboxylic acids is 1. The summed E-state index contributed by atoms with van der Waals surface area (Å²) in [5.74, 6) is 0.724. The quantitative estimate of drug-likeness (QED) is 0.790. The van der Waals surface area contributed by atoms with E-state index < -0.39 is 0 Å². The minimum atomic E-state index is 0.545. The maximum Gasteiger partial charge on any atom is 0.150 e. The lowest BCUT2D eigenvalue weighted by atomic mass is 10.1. The number of nitrogens with zero attached hydrogens (tertiary/aromatic N) is 2. The molecule has 0 saturated heterocycles. The van der Waals surface area contributed by atoms with E-state index in [-0.39, 0.29) is 0 Å². The average molecular weight is 280 g/mol. The third kappa shape index (κ3) is 3.21. The summed E-state index contributed by atoms with van der Waals surface area (Å²) in [6.07, 6.45) is 0.812. The molecule has 4 nitrogen and oxygen atoms in total. The highest BCUT2D eigenvalue weighted by molar-refractivity contribution is 5.75. The van der Waals surface area contributed by atoms with Gasteiger partial charge >= 0.3 is 0 Å². The van der Waals surface area contributed by atoms with Crippen LogP contribution in [0.5, 0.6) is 5.75 Å². The zero-order valence-corrected chi connectivity index (χ0v) is 12.0. The molecule has 0 radical (unpaired) electrons. The summed E-state index contributed by atoms with van der Waals surface area (Å²) >= 11 is 0. The number of benzene rings is 2. The van der Waals surface area contributed by atoms with Gasteiger partial charge in [0, 0.05) is 24.7 Å². The van der Waals surface area contributed by atoms with E-state index >= 15 is 0 Å². The van der Waals surface area contributed by atoms with Crippen molar-refractivity contribution in [1.29, 1.82) is 5.26 Å². The van der Waals surface area contributed by atoms with E-state index in [0.717, 1.165) is 23.3 Å². The lowest BCUT2D eigenvalue weighted by Gasteiger charge is -2.22. The standard InChI is InChI=1S/C17H16N2O2/c1-19(16-6-4-3-5-14(16)10-18)11-15-9-13(12-20)7-8-17(15)21-2/h3-9,12H,11H2,1-2H3. The third-order valence-electron chi connectivity index (χ3n) is 3.28. The van der Waals surface area contributed by atoms with Crippen LogP contribution in [0.25, 0.3) is 0 Å². The van der Waals surface area contributed by atoms with Gasteiger partial charge in [-0.25, -0.2) is 0 Å². The molecule has 0 aliphatic rings. The monoisotopic (exact) mass is 280 g/mol. The molecule has 4 heteroatoms. The minimum Gasteiger partial charge on any atom is -0.496 e. The number of hydrogen-bond acceptors (Lipinski definition) is 4. The Morgan fingerprint density at radius 1 is 1.29 bits per heavy atom. The van der Waals surface area contributed by atoms with Crippen molar-refractivity contribution in [2.24, 2.45) is 0 Å². The number of anilines is 1. The highest BCUT2D eigenvalue weighted by Crippen LogP contribution is 2.25. The van der Waals surface area contributed by atoms with E-state index in [1.807, 2.05) is 30.1 Å². The average Bonchev–Trinajstić information content (AvgIpc) is 2.54. The van der Waals surface area contributed by atoms with Crippen molar-refractivity contribution < 1.29 is 9.53 Å². The second kappa shape index (κ2) is 6.58. The zero-order chi connectivity index (χ0) is 15.2. The Morgan fingerprint density at radius 2 is 2.05 bits per heavy atom. The van der Waals surface area contributed by atoms with Crippen molar-refractivity contribution in [3.05, 3.63) is 59.2 Å². The van der Waals surface area contributed by atoms with Gasteiger partial charge in [-0.1, -0.05) is 12.1 Å². The molecule has 0 N–H and O–H groups in total. The van der Waals surface area contributed by atoms with Crippen molar-refractivity contribution >= 4 is 12.0 Å². The number of hydrogen-bond donors (Lipinski definition) is 0. The van der Waals surface area contributed by atoms with Crippen LogP contribution in [0.15, 0.2) is 42.5 Å². The van der Waals surface area contributed by atoms with Gasteiger partial charge in [-0.05, 0) is 30.3 Å². The molecular formula is C17H16N2O2. The van der Waals surface area contributed by atoms with Crippen LogP contribution in [0.2, 0.25) is 0 Å². The Bertz CT molecular complexity index is 689. The number of methoxy groups -OCH3 is 1. The summed E-state index contributed by atoms with van der Waals surface area (Å²) in [4.78, 5) is 12.9. The van der Waals surface area contributed by atoms with Crippen LogP contribution in [0.3, 0.4) is 0 Å². The molecule has 0 unspecified atom stereocenters. The molecule has 0 fully saturated rings. The van der Waals surface area contributed by atoms with Crippen molar-refractivity contribution in [3.63, 3.8) is 0 Å². The molecule has 0 saturated carbocycles. The summed E-state index contributed by atoms with van der Waals surface area (Å²) in [5, 5.41) is 9.17. The molecule has 0 atom stereocenters. The molecule has 21 heavy (non-hydrogen) atoms. The van der Waals surface area contributed by atoms with Crippen LogP contribution in [0.4, 0.5) is 5.69 Å². The number of ether oxygens (including phenoxy) is 1. The van der Waals surface area contributed by atoms with Gasteiger partial charge in [0.15, 0.2) is 0 Å². The van der Waals surface area contributed by atoms with Gasteiger partial charge in [-0.3, -0.25) is 4.79 Å². The smallest absolute Gasteiger partial charge is 0.150 e. The summed E-state index contributed by atoms with van der Waals surface area (Å²) in [7, 11) is 3.51. The topological polar surface area (TPSA) is 53.3 Å². The van der Waals surface area contributed by atoms with Gasteiger partial charge in [0.25, 0.3) is 0 Å². The Morgan fingerprint density at radius 3 is 2.71 bits per heavy atom. The summed E-state index contributed by atoms with van der Waals surface area (Å²) in [6.45, 7) is 0.545. The first-order valence-corrected chi connectivity index (χ1v) is 6.52. The molecule has 106 valence electrons. The van der Waals surface area contributed by atoms with E-state index in [4.69, 9.17) is 10.00 Å². The van der Waals surface area contributed by atoms with Crippen LogP contribution in [-0.4, -0.2) is 20.4 Å². The van der Waals surface area contributed by atoms with Gasteiger partial charge in [0.05, 0.1) is 18.4 Å². The first-order valence-electron chi connectivity index (χ1n) is 6.52. The normalized spacial score (nSPS) is 9.76. The molecule has 0 aliphatic carbocycles. The predicted molar refractivity (Wildman–Crippen MR) is 81.6 cm³/mol. The molecule has 0 heterocycles. The molecule has 0 aromatic heterocycles. The van der Waals surface area contributed by atoms with E-state index in [1.54, 1.807) is 31.4 Å². The van der Waals surface area contributed by atoms with Crippen molar-refractivity contribution in [2.75, 3.05) is 19.1 Å². The van der Waals surface area contributed by atoms with Crippen molar-refractivity contribution in [3.8, 4) is 11.8 Å². The maximum atomic E-state index is 10.9. The van der Waals surface area contributed by atoms with Gasteiger partial charge < -0.3 is 9.64 Å². The molecule has 2 aromatic carbocycles. The van der Waals surface area contributed by atoms with Crippen LogP contribution in [0, 0.1) is 11.3 Å². The Labute approximate surface area is 124 Å². The van der Waals surface area contributed by atoms with Crippen LogP contribution in [0.1, 0.15) is 21.5 Å². The van der Waals surface area contributed by atoms with Gasteiger partial charge in [-0.15, -0.1) is 0 Å². The van der Waals surface area contributed by atoms with Crippen molar-refractivity contribution in [2.45, 2.75) is 6.54 Å². The number of para-hydroxylation sites is 1. The van der Waals surface area contributed by atoms with E-state index in [1.165, 1.54) is 0 Å². The fourth-order valence-electron chi connectivity index (χ4n) is 2.24. The molecule has 2 aromatic rings. The number of rotatable bonds is 5. The van der Waals surface area contributed by atoms with Crippen LogP contribution < -0.4 is 9.64 Å². The first kappa shape index (κ1) is 14.6. The molecule has 0 amide bonds. The van der Waals surface area contributed by atoms with Crippen molar-refractivity contribution in [1.82, 2.24) is 0 Å². The largest absolute Gasteiger partial charge is 0.496 e. The number of nitriles is 1. The maximum absolute atomic E-state index is 10.9. The summed E-state index contributed by atoms with van der Waals surface area (Å²) in [6, 6.07) is 14.9. The summed E-state index contributed by atoms with van der Waals surface area (Å²) in [5.41, 5.74) is 2.97. The Balaban J connectivity index is 2.33. The van der Waals surface area contributed by atoms with Gasteiger partial charge in [0.1, 0.15) is 18.1 Å². The minimum absolute atomic E-state index is 0.545. The van der Waals surface area contributed by atoms with E-state index in [0.29, 0.717) is 17.7 Å². The zero-order valence-electron chi connectivity index (χ0n) is 12.0. The molecule has 2 rings (SSSR count). The SMILES string of the molecule is COc1ccc(C=O)cc1CN(C)c1ccccc1C#N. The Kier molecular flexibility index (Phi) is 4.57. The second-order valence-corrected chi connectivity index (χ2v) is 4.67. The highest BCUT2D eigenvalue weighted by atomic mass is 16.5. The molecule has 0 aliphatic heterocycles. The highest BCUT2D eigenvalue weighted by Gasteiger charge is 2.11. The molecule has 0 spiro atoms. The Hall–Kier alpha value is -2.80. The van der Waals surface area contributed by atoms with Gasteiger partial charge in [-0.2, -0.15) is 5.26 Å². The summed E-state index contributed by atoms with van der Waals surface area (Å²) < 4.78 is 5.33. The van der Waals surface area contributed by atoms with E-state index in [2.05, 4.69) is 6.07 Å². The third-order valence-corrected chi connectivity index (χ3v) is 3.28. The molecular weight excluding hydrogens is 264 g/mol. The first-order chi connectivity index (χ1) is 10.2.